The van der Waals surface area contributed by atoms with Gasteiger partial charge in [0.25, 0.3) is 0 Å². The predicted octanol–water partition coefficient (Wildman–Crippen LogP) is 3.38. The van der Waals surface area contributed by atoms with Crippen LogP contribution in [-0.2, 0) is 0 Å². The van der Waals surface area contributed by atoms with Gasteiger partial charge in [-0.1, -0.05) is 24.3 Å². The summed E-state index contributed by atoms with van der Waals surface area (Å²) in [7, 11) is 0. The second-order valence-electron chi connectivity index (χ2n) is 4.41. The molecule has 0 bridgehead atoms. The van der Waals surface area contributed by atoms with Crippen molar-refractivity contribution >= 4 is 5.78 Å². The first-order valence-corrected chi connectivity index (χ1v) is 6.26. The summed E-state index contributed by atoms with van der Waals surface area (Å²) in [5.41, 5.74) is 0.157. The second-order valence-corrected chi connectivity index (χ2v) is 4.41. The quantitative estimate of drug-likeness (QED) is 0.691. The smallest absolute Gasteiger partial charge is 0.219 e. The molecule has 1 aromatic heterocycles. The standard InChI is InChI=1S/C16H10F2N2O/c17-12-7-4-8-13(18)15(12)16(21)14-9-10-20(19-14)11-5-2-1-3-6-11/h1-10H. The van der Waals surface area contributed by atoms with Crippen molar-refractivity contribution in [3.63, 3.8) is 0 Å². The minimum absolute atomic E-state index is 0.0112. The van der Waals surface area contributed by atoms with Crippen molar-refractivity contribution in [3.05, 3.63) is 83.7 Å². The summed E-state index contributed by atoms with van der Waals surface area (Å²) in [4.78, 5) is 12.2. The van der Waals surface area contributed by atoms with Gasteiger partial charge in [0.05, 0.1) is 11.3 Å². The van der Waals surface area contributed by atoms with Crippen molar-refractivity contribution in [2.45, 2.75) is 0 Å². The number of aromatic nitrogens is 2. The van der Waals surface area contributed by atoms with Gasteiger partial charge >= 0.3 is 0 Å². The molecule has 0 aliphatic rings. The van der Waals surface area contributed by atoms with Gasteiger partial charge in [-0.15, -0.1) is 0 Å². The van der Waals surface area contributed by atoms with Crippen LogP contribution in [0.2, 0.25) is 0 Å². The predicted molar refractivity (Wildman–Crippen MR) is 73.4 cm³/mol. The molecule has 0 N–H and O–H groups in total. The molecule has 0 amide bonds. The lowest BCUT2D eigenvalue weighted by molar-refractivity contribution is 0.102. The van der Waals surface area contributed by atoms with Crippen molar-refractivity contribution in [1.82, 2.24) is 9.78 Å². The summed E-state index contributed by atoms with van der Waals surface area (Å²) in [5.74, 6) is -2.57. The summed E-state index contributed by atoms with van der Waals surface area (Å²) in [6.07, 6.45) is 1.57. The van der Waals surface area contributed by atoms with E-state index in [1.54, 1.807) is 6.20 Å². The van der Waals surface area contributed by atoms with Crippen LogP contribution in [-0.4, -0.2) is 15.6 Å². The van der Waals surface area contributed by atoms with Gasteiger partial charge < -0.3 is 0 Å². The lowest BCUT2D eigenvalue weighted by Gasteiger charge is -2.02. The molecule has 104 valence electrons. The van der Waals surface area contributed by atoms with E-state index in [-0.39, 0.29) is 5.69 Å². The number of ketones is 1. The number of para-hydroxylation sites is 1. The van der Waals surface area contributed by atoms with Gasteiger partial charge in [-0.3, -0.25) is 4.79 Å². The zero-order valence-corrected chi connectivity index (χ0v) is 10.8. The molecule has 3 aromatic rings. The van der Waals surface area contributed by atoms with Crippen molar-refractivity contribution in [3.8, 4) is 5.69 Å². The molecule has 5 heteroatoms. The van der Waals surface area contributed by atoms with Crippen LogP contribution in [0.4, 0.5) is 8.78 Å². The Balaban J connectivity index is 1.99. The summed E-state index contributed by atoms with van der Waals surface area (Å²) < 4.78 is 28.7. The van der Waals surface area contributed by atoms with E-state index in [4.69, 9.17) is 0 Å². The fraction of sp³-hybridized carbons (Fsp3) is 0. The van der Waals surface area contributed by atoms with Crippen LogP contribution in [0.1, 0.15) is 16.1 Å². The van der Waals surface area contributed by atoms with E-state index in [9.17, 15) is 13.6 Å². The number of carbonyl (C=O) groups excluding carboxylic acids is 1. The van der Waals surface area contributed by atoms with Crippen LogP contribution < -0.4 is 0 Å². The minimum atomic E-state index is -0.894. The molecule has 0 fully saturated rings. The van der Waals surface area contributed by atoms with Gasteiger partial charge in [-0.25, -0.2) is 13.5 Å². The Morgan fingerprint density at radius 1 is 0.905 bits per heavy atom. The van der Waals surface area contributed by atoms with Crippen molar-refractivity contribution < 1.29 is 13.6 Å². The van der Waals surface area contributed by atoms with E-state index in [2.05, 4.69) is 5.10 Å². The number of carbonyl (C=O) groups is 1. The Morgan fingerprint density at radius 2 is 1.57 bits per heavy atom. The molecule has 3 nitrogen and oxygen atoms in total. The highest BCUT2D eigenvalue weighted by atomic mass is 19.1. The van der Waals surface area contributed by atoms with Gasteiger partial charge in [-0.2, -0.15) is 5.10 Å². The normalized spacial score (nSPS) is 10.6. The Kier molecular flexibility index (Phi) is 3.31. The van der Waals surface area contributed by atoms with Crippen LogP contribution in [0, 0.1) is 11.6 Å². The molecule has 0 unspecified atom stereocenters. The summed E-state index contributed by atoms with van der Waals surface area (Å²) >= 11 is 0. The Bertz CT molecular complexity index is 777. The highest BCUT2D eigenvalue weighted by Gasteiger charge is 2.20. The monoisotopic (exact) mass is 284 g/mol. The van der Waals surface area contributed by atoms with Crippen molar-refractivity contribution in [2.24, 2.45) is 0 Å². The Hall–Kier alpha value is -2.82. The third-order valence-electron chi connectivity index (χ3n) is 3.03. The van der Waals surface area contributed by atoms with Crippen molar-refractivity contribution in [1.29, 1.82) is 0 Å². The number of hydrogen-bond acceptors (Lipinski definition) is 2. The number of rotatable bonds is 3. The molecular weight excluding hydrogens is 274 g/mol. The first kappa shape index (κ1) is 13.2. The average Bonchev–Trinajstić information content (AvgIpc) is 2.97. The van der Waals surface area contributed by atoms with Crippen LogP contribution >= 0.6 is 0 Å². The zero-order valence-electron chi connectivity index (χ0n) is 10.8. The maximum Gasteiger partial charge on any atom is 0.219 e. The van der Waals surface area contributed by atoms with Gasteiger partial charge in [0.2, 0.25) is 5.78 Å². The van der Waals surface area contributed by atoms with E-state index in [1.165, 1.54) is 16.8 Å². The molecule has 0 spiro atoms. The minimum Gasteiger partial charge on any atom is -0.287 e. The number of benzene rings is 2. The number of nitrogens with zero attached hydrogens (tertiary/aromatic N) is 2. The van der Waals surface area contributed by atoms with E-state index >= 15 is 0 Å². The fourth-order valence-corrected chi connectivity index (χ4v) is 2.01. The molecule has 21 heavy (non-hydrogen) atoms. The molecular formula is C16H10F2N2O. The lowest BCUT2D eigenvalue weighted by Crippen LogP contribution is -2.09. The lowest BCUT2D eigenvalue weighted by atomic mass is 10.1. The first-order chi connectivity index (χ1) is 10.2. The molecule has 0 saturated heterocycles. The van der Waals surface area contributed by atoms with Crippen molar-refractivity contribution in [2.75, 3.05) is 0 Å². The zero-order chi connectivity index (χ0) is 14.8. The maximum atomic E-state index is 13.6. The molecule has 0 aliphatic carbocycles. The SMILES string of the molecule is O=C(c1ccn(-c2ccccc2)n1)c1c(F)cccc1F. The fourth-order valence-electron chi connectivity index (χ4n) is 2.01. The summed E-state index contributed by atoms with van der Waals surface area (Å²) in [6.45, 7) is 0. The van der Waals surface area contributed by atoms with Crippen LogP contribution in [0.15, 0.2) is 60.8 Å². The average molecular weight is 284 g/mol. The van der Waals surface area contributed by atoms with E-state index in [0.29, 0.717) is 0 Å². The maximum absolute atomic E-state index is 13.6. The summed E-state index contributed by atoms with van der Waals surface area (Å²) in [6, 6.07) is 13.9. The Labute approximate surface area is 119 Å². The van der Waals surface area contributed by atoms with Gasteiger partial charge in [0, 0.05) is 6.20 Å². The molecule has 0 saturated carbocycles. The number of hydrogen-bond donors (Lipinski definition) is 0. The molecule has 2 aromatic carbocycles. The van der Waals surface area contributed by atoms with E-state index in [1.807, 2.05) is 30.3 Å². The van der Waals surface area contributed by atoms with Gasteiger partial charge in [0.1, 0.15) is 17.3 Å². The third-order valence-corrected chi connectivity index (χ3v) is 3.03. The third kappa shape index (κ3) is 2.45. The van der Waals surface area contributed by atoms with E-state index < -0.39 is 23.0 Å². The molecule has 3 rings (SSSR count). The molecule has 0 aliphatic heterocycles. The number of halogens is 2. The first-order valence-electron chi connectivity index (χ1n) is 6.26. The van der Waals surface area contributed by atoms with Crippen LogP contribution in [0.3, 0.4) is 0 Å². The van der Waals surface area contributed by atoms with Crippen LogP contribution in [0.25, 0.3) is 5.69 Å². The molecule has 0 atom stereocenters. The Morgan fingerprint density at radius 3 is 2.24 bits per heavy atom. The van der Waals surface area contributed by atoms with E-state index in [0.717, 1.165) is 17.8 Å². The highest BCUT2D eigenvalue weighted by molar-refractivity contribution is 6.08. The topological polar surface area (TPSA) is 34.9 Å². The van der Waals surface area contributed by atoms with Gasteiger partial charge in [-0.05, 0) is 30.3 Å². The van der Waals surface area contributed by atoms with Gasteiger partial charge in [0.15, 0.2) is 0 Å². The largest absolute Gasteiger partial charge is 0.287 e. The molecule has 1 heterocycles. The second kappa shape index (κ2) is 5.28. The highest BCUT2D eigenvalue weighted by Crippen LogP contribution is 2.17. The summed E-state index contributed by atoms with van der Waals surface area (Å²) in [5, 5.41) is 4.07. The molecule has 0 radical (unpaired) electrons. The van der Waals surface area contributed by atoms with Crippen LogP contribution in [0.5, 0.6) is 0 Å².